The molecule has 0 N–H and O–H groups in total. The van der Waals surface area contributed by atoms with Crippen molar-refractivity contribution in [1.29, 1.82) is 0 Å². The first-order valence-electron chi connectivity index (χ1n) is 5.94. The van der Waals surface area contributed by atoms with Crippen LogP contribution in [0.15, 0.2) is 9.64 Å². The van der Waals surface area contributed by atoms with Gasteiger partial charge in [-0.05, 0) is 19.3 Å². The molecular weight excluding hydrogens is 276 g/mol. The van der Waals surface area contributed by atoms with Gasteiger partial charge < -0.3 is 9.15 Å². The van der Waals surface area contributed by atoms with Crippen LogP contribution in [-0.2, 0) is 14.6 Å². The van der Waals surface area contributed by atoms with E-state index in [1.165, 1.54) is 11.8 Å². The van der Waals surface area contributed by atoms with E-state index in [0.29, 0.717) is 17.5 Å². The monoisotopic (exact) mass is 290 g/mol. The van der Waals surface area contributed by atoms with Crippen LogP contribution in [0, 0.1) is 0 Å². The summed E-state index contributed by atoms with van der Waals surface area (Å²) in [6.45, 7) is 0.733. The smallest absolute Gasteiger partial charge is 0.276 e. The molecule has 18 heavy (non-hydrogen) atoms. The third kappa shape index (κ3) is 2.70. The fraction of sp³-hybridized carbons (Fsp3) is 0.800. The zero-order valence-corrected chi connectivity index (χ0v) is 11.4. The molecule has 2 aliphatic rings. The summed E-state index contributed by atoms with van der Waals surface area (Å²) in [6, 6.07) is 0. The molecule has 0 unspecified atom stereocenters. The highest BCUT2D eigenvalue weighted by atomic mass is 32.2. The fourth-order valence-corrected chi connectivity index (χ4v) is 5.50. The Bertz CT molecular complexity index is 522. The minimum atomic E-state index is -2.86. The van der Waals surface area contributed by atoms with E-state index in [4.69, 9.17) is 9.15 Å². The maximum absolute atomic E-state index is 11.3. The molecule has 0 amide bonds. The van der Waals surface area contributed by atoms with Crippen molar-refractivity contribution >= 4 is 21.6 Å². The van der Waals surface area contributed by atoms with Crippen LogP contribution in [-0.4, -0.2) is 42.0 Å². The number of ether oxygens (including phenoxy) is 1. The number of nitrogens with zero attached hydrogens (tertiary/aromatic N) is 2. The van der Waals surface area contributed by atoms with Gasteiger partial charge in [0.1, 0.15) is 6.10 Å². The second-order valence-electron chi connectivity index (χ2n) is 4.55. The van der Waals surface area contributed by atoms with Crippen LogP contribution in [0.1, 0.15) is 31.3 Å². The van der Waals surface area contributed by atoms with E-state index in [1.807, 2.05) is 0 Å². The summed E-state index contributed by atoms with van der Waals surface area (Å²) in [7, 11) is -2.86. The molecule has 8 heteroatoms. The summed E-state index contributed by atoms with van der Waals surface area (Å²) in [4.78, 5) is 0. The highest BCUT2D eigenvalue weighted by molar-refractivity contribution is 8.01. The molecule has 2 atom stereocenters. The van der Waals surface area contributed by atoms with Crippen LogP contribution in [0.5, 0.6) is 0 Å². The van der Waals surface area contributed by atoms with Gasteiger partial charge in [-0.1, -0.05) is 11.8 Å². The molecule has 2 saturated heterocycles. The van der Waals surface area contributed by atoms with Crippen molar-refractivity contribution in [2.75, 3.05) is 18.1 Å². The standard InChI is InChI=1S/C10H14N2O4S2/c13-18(14)5-3-7(6-18)17-10-12-11-9(16-10)8-2-1-4-15-8/h7-8H,1-6H2/t7-,8+/m1/s1. The van der Waals surface area contributed by atoms with Gasteiger partial charge in [-0.25, -0.2) is 8.42 Å². The van der Waals surface area contributed by atoms with E-state index in [2.05, 4.69) is 10.2 Å². The molecule has 100 valence electrons. The highest BCUT2D eigenvalue weighted by Crippen LogP contribution is 2.33. The summed E-state index contributed by atoms with van der Waals surface area (Å²) in [5.41, 5.74) is 0. The molecule has 3 heterocycles. The number of hydrogen-bond acceptors (Lipinski definition) is 7. The zero-order chi connectivity index (χ0) is 12.6. The number of aromatic nitrogens is 2. The van der Waals surface area contributed by atoms with Crippen LogP contribution < -0.4 is 0 Å². The molecule has 6 nitrogen and oxygen atoms in total. The summed E-state index contributed by atoms with van der Waals surface area (Å²) in [5.74, 6) is 0.975. The number of thioether (sulfide) groups is 1. The first-order chi connectivity index (χ1) is 8.62. The normalized spacial score (nSPS) is 30.9. The third-order valence-electron chi connectivity index (χ3n) is 3.09. The van der Waals surface area contributed by atoms with E-state index in [-0.39, 0.29) is 22.9 Å². The van der Waals surface area contributed by atoms with Crippen LogP contribution in [0.3, 0.4) is 0 Å². The molecule has 1 aromatic rings. The molecule has 3 rings (SSSR count). The van der Waals surface area contributed by atoms with E-state index in [9.17, 15) is 8.42 Å². The van der Waals surface area contributed by atoms with Gasteiger partial charge in [0, 0.05) is 11.9 Å². The average molecular weight is 290 g/mol. The Morgan fingerprint density at radius 3 is 2.83 bits per heavy atom. The molecule has 0 spiro atoms. The van der Waals surface area contributed by atoms with Crippen LogP contribution in [0.4, 0.5) is 0 Å². The molecule has 0 bridgehead atoms. The number of hydrogen-bond donors (Lipinski definition) is 0. The van der Waals surface area contributed by atoms with Gasteiger partial charge in [-0.15, -0.1) is 10.2 Å². The van der Waals surface area contributed by atoms with Gasteiger partial charge in [-0.2, -0.15) is 0 Å². The van der Waals surface area contributed by atoms with Crippen molar-refractivity contribution in [3.8, 4) is 0 Å². The minimum Gasteiger partial charge on any atom is -0.413 e. The highest BCUT2D eigenvalue weighted by Gasteiger charge is 2.31. The molecule has 2 aliphatic heterocycles. The predicted octanol–water partition coefficient (Wildman–Crippen LogP) is 1.20. The topological polar surface area (TPSA) is 82.3 Å². The van der Waals surface area contributed by atoms with E-state index >= 15 is 0 Å². The maximum atomic E-state index is 11.3. The molecule has 2 fully saturated rings. The van der Waals surface area contributed by atoms with Crippen molar-refractivity contribution in [3.05, 3.63) is 5.89 Å². The van der Waals surface area contributed by atoms with Crippen molar-refractivity contribution in [2.24, 2.45) is 0 Å². The first-order valence-corrected chi connectivity index (χ1v) is 8.64. The SMILES string of the molecule is O=S1(=O)CC[C@@H](Sc2nnc([C@@H]3CCCO3)o2)C1. The molecule has 1 aromatic heterocycles. The molecule has 0 aromatic carbocycles. The molecular formula is C10H14N2O4S2. The Hall–Kier alpha value is -0.600. The molecule has 0 radical (unpaired) electrons. The van der Waals surface area contributed by atoms with Crippen LogP contribution >= 0.6 is 11.8 Å². The van der Waals surface area contributed by atoms with Gasteiger partial charge in [-0.3, -0.25) is 0 Å². The Morgan fingerprint density at radius 1 is 1.28 bits per heavy atom. The summed E-state index contributed by atoms with van der Waals surface area (Å²) < 4.78 is 33.7. The van der Waals surface area contributed by atoms with Crippen molar-refractivity contribution in [2.45, 2.75) is 35.8 Å². The third-order valence-corrected chi connectivity index (χ3v) is 6.17. The lowest BCUT2D eigenvalue weighted by Gasteiger charge is -2.03. The van der Waals surface area contributed by atoms with Gasteiger partial charge in [0.2, 0.25) is 5.89 Å². The van der Waals surface area contributed by atoms with Gasteiger partial charge in [0.15, 0.2) is 9.84 Å². The van der Waals surface area contributed by atoms with Crippen LogP contribution in [0.25, 0.3) is 0 Å². The second-order valence-corrected chi connectivity index (χ2v) is 8.03. The summed E-state index contributed by atoms with van der Waals surface area (Å²) in [5, 5.41) is 8.39. The van der Waals surface area contributed by atoms with Crippen molar-refractivity contribution < 1.29 is 17.6 Å². The number of sulfone groups is 1. The maximum Gasteiger partial charge on any atom is 0.276 e. The van der Waals surface area contributed by atoms with Crippen LogP contribution in [0.2, 0.25) is 0 Å². The van der Waals surface area contributed by atoms with Crippen molar-refractivity contribution in [1.82, 2.24) is 10.2 Å². The van der Waals surface area contributed by atoms with Crippen molar-refractivity contribution in [3.63, 3.8) is 0 Å². The molecule has 0 aliphatic carbocycles. The molecule has 0 saturated carbocycles. The zero-order valence-electron chi connectivity index (χ0n) is 9.74. The minimum absolute atomic E-state index is 0.0350. The van der Waals surface area contributed by atoms with E-state index in [0.717, 1.165) is 19.4 Å². The largest absolute Gasteiger partial charge is 0.413 e. The Kier molecular flexibility index (Phi) is 3.33. The Labute approximate surface area is 109 Å². The lowest BCUT2D eigenvalue weighted by atomic mass is 10.2. The van der Waals surface area contributed by atoms with E-state index < -0.39 is 9.84 Å². The lowest BCUT2D eigenvalue weighted by Crippen LogP contribution is -2.05. The quantitative estimate of drug-likeness (QED) is 0.827. The second kappa shape index (κ2) is 4.82. The first kappa shape index (κ1) is 12.4. The Morgan fingerprint density at radius 2 is 2.17 bits per heavy atom. The van der Waals surface area contributed by atoms with E-state index in [1.54, 1.807) is 0 Å². The fourth-order valence-electron chi connectivity index (χ4n) is 2.17. The summed E-state index contributed by atoms with van der Waals surface area (Å²) in [6.07, 6.45) is 2.49. The predicted molar refractivity (Wildman–Crippen MR) is 65.1 cm³/mol. The lowest BCUT2D eigenvalue weighted by molar-refractivity contribution is 0.0861. The summed E-state index contributed by atoms with van der Waals surface area (Å²) >= 11 is 1.36. The van der Waals surface area contributed by atoms with Gasteiger partial charge >= 0.3 is 0 Å². The Balaban J connectivity index is 1.63. The number of rotatable bonds is 3. The average Bonchev–Trinajstić information content (AvgIpc) is 2.99. The van der Waals surface area contributed by atoms with Gasteiger partial charge in [0.05, 0.1) is 11.5 Å². The van der Waals surface area contributed by atoms with Gasteiger partial charge in [0.25, 0.3) is 5.22 Å².